The van der Waals surface area contributed by atoms with Crippen molar-refractivity contribution in [1.82, 2.24) is 0 Å². The second-order valence-electron chi connectivity index (χ2n) is 1.13. The second kappa shape index (κ2) is 8.95. The van der Waals surface area contributed by atoms with Crippen molar-refractivity contribution in [2.45, 2.75) is 6.04 Å². The summed E-state index contributed by atoms with van der Waals surface area (Å²) in [5.41, 5.74) is 4.94. The molecule has 0 fully saturated rings. The molecule has 3 nitrogen and oxygen atoms in total. The SMILES string of the molecule is Cl.N[C@@H](CS)C(=O)O.[AtH]. The van der Waals surface area contributed by atoms with E-state index in [0.29, 0.717) is 0 Å². The fourth-order valence-corrected chi connectivity index (χ4v) is 0.234. The van der Waals surface area contributed by atoms with Gasteiger partial charge in [-0.05, 0) is 0 Å². The summed E-state index contributed by atoms with van der Waals surface area (Å²) in [6.45, 7) is 0. The minimum atomic E-state index is -1.00. The van der Waals surface area contributed by atoms with E-state index in [1.54, 1.807) is 0 Å². The number of carboxylic acid groups (broad SMARTS) is 1. The molecule has 0 heterocycles. The first-order valence-corrected chi connectivity index (χ1v) is 2.41. The Morgan fingerprint density at radius 1 is 1.78 bits per heavy atom. The van der Waals surface area contributed by atoms with E-state index in [0.717, 1.165) is 0 Å². The van der Waals surface area contributed by atoms with Gasteiger partial charge in [0, 0.05) is 5.75 Å². The fraction of sp³-hybridized carbons (Fsp3) is 0.667. The fourth-order valence-electron chi connectivity index (χ4n) is 0.0781. The summed E-state index contributed by atoms with van der Waals surface area (Å²) in [5.74, 6) is -0.815. The number of carboxylic acids is 1. The van der Waals surface area contributed by atoms with Crippen molar-refractivity contribution in [2.24, 2.45) is 5.73 Å². The van der Waals surface area contributed by atoms with E-state index in [4.69, 9.17) is 10.8 Å². The van der Waals surface area contributed by atoms with Crippen molar-refractivity contribution in [1.29, 1.82) is 0 Å². The molecule has 0 saturated heterocycles. The number of rotatable bonds is 2. The summed E-state index contributed by atoms with van der Waals surface area (Å²) < 4.78 is 0. The van der Waals surface area contributed by atoms with Crippen LogP contribution in [0, 0.1) is 26.2 Å². The van der Waals surface area contributed by atoms with Gasteiger partial charge in [0.1, 0.15) is 6.04 Å². The zero-order chi connectivity index (χ0) is 5.86. The zero-order valence-electron chi connectivity index (χ0n) is 4.48. The Hall–Kier alpha value is 0.953. The second-order valence-corrected chi connectivity index (χ2v) is 1.49. The van der Waals surface area contributed by atoms with Crippen LogP contribution in [-0.4, -0.2) is 22.9 Å². The topological polar surface area (TPSA) is 63.3 Å². The number of thiol groups is 1. The standard InChI is InChI=1S/C3H7NO2S.AtH.ClH/c4-2(1-7)3(5)6;;/h2,7H,1,4H2,(H,5,6);2*1H/t2-;;/m0../s1. The predicted octanol–water partition coefficient (Wildman–Crippen LogP) is -0.518. The summed E-state index contributed by atoms with van der Waals surface area (Å²) in [7, 11) is 0. The molecule has 0 aliphatic carbocycles. The monoisotopic (exact) mass is 368 g/mol. The molecule has 1 atom stereocenters. The third-order valence-electron chi connectivity index (χ3n) is 0.514. The van der Waals surface area contributed by atoms with E-state index in [1.165, 1.54) is 0 Å². The third-order valence-corrected chi connectivity index (χ3v) is 0.907. The molecule has 0 aliphatic heterocycles. The van der Waals surface area contributed by atoms with E-state index in [-0.39, 0.29) is 44.4 Å². The van der Waals surface area contributed by atoms with Crippen LogP contribution in [0.25, 0.3) is 0 Å². The quantitative estimate of drug-likeness (QED) is 0.575. The molecule has 0 aliphatic rings. The van der Waals surface area contributed by atoms with Gasteiger partial charge in [-0.25, -0.2) is 0 Å². The van der Waals surface area contributed by atoms with Crippen LogP contribution in [0.3, 0.4) is 0 Å². The van der Waals surface area contributed by atoms with E-state index in [1.807, 2.05) is 0 Å². The van der Waals surface area contributed by atoms with Gasteiger partial charge in [0.15, 0.2) is 0 Å². The molecule has 6 heteroatoms. The molecule has 0 amide bonds. The average Bonchev–Trinajstić information content (AvgIpc) is 1.65. The summed E-state index contributed by atoms with van der Waals surface area (Å²) in [4.78, 5) is 9.76. The van der Waals surface area contributed by atoms with E-state index in [9.17, 15) is 4.79 Å². The maximum absolute atomic E-state index is 9.76. The van der Waals surface area contributed by atoms with Gasteiger partial charge >= 0.3 is 32.2 Å². The Kier molecular flexibility index (Phi) is 16.4. The van der Waals surface area contributed by atoms with Crippen LogP contribution in [0.15, 0.2) is 0 Å². The van der Waals surface area contributed by atoms with E-state index in [2.05, 4.69) is 12.6 Å². The molecule has 9 heavy (non-hydrogen) atoms. The number of aliphatic carboxylic acids is 1. The first-order valence-electron chi connectivity index (χ1n) is 1.77. The van der Waals surface area contributed by atoms with Crippen molar-refractivity contribution >= 4 is 31.0 Å². The van der Waals surface area contributed by atoms with E-state index >= 15 is 0 Å². The first-order chi connectivity index (χ1) is 3.18. The molecule has 0 aromatic rings. The maximum atomic E-state index is 9.76. The number of hydrogen-bond donors (Lipinski definition) is 3. The van der Waals surface area contributed by atoms with E-state index < -0.39 is 12.0 Å². The van der Waals surface area contributed by atoms with Gasteiger partial charge in [-0.2, -0.15) is 12.6 Å². The van der Waals surface area contributed by atoms with Crippen molar-refractivity contribution < 1.29 is 36.1 Å². The van der Waals surface area contributed by atoms with Crippen LogP contribution in [-0.2, 0) is 4.79 Å². The molecular weight excluding hydrogens is 360 g/mol. The van der Waals surface area contributed by atoms with Gasteiger partial charge in [-0.3, -0.25) is 4.79 Å². The molecule has 0 saturated carbocycles. The molecule has 0 aromatic carbocycles. The first kappa shape index (κ1) is 16.5. The van der Waals surface area contributed by atoms with Gasteiger partial charge < -0.3 is 10.8 Å². The molecule has 0 radical (unpaired) electrons. The Labute approximate surface area is 84.3 Å². The van der Waals surface area contributed by atoms with Crippen molar-refractivity contribution in [2.75, 3.05) is 5.75 Å². The van der Waals surface area contributed by atoms with Crippen LogP contribution in [0.2, 0.25) is 0 Å². The minimum absolute atomic E-state index is 0. The number of halogens is 1. The molecule has 3 N–H and O–H groups in total. The number of carbonyl (C=O) groups is 1. The molecule has 0 spiro atoms. The van der Waals surface area contributed by atoms with Gasteiger partial charge in [-0.15, -0.1) is 12.4 Å². The molecule has 0 aromatic heterocycles. The molecule has 0 unspecified atom stereocenters. The van der Waals surface area contributed by atoms with Crippen molar-refractivity contribution in [3.05, 3.63) is 0 Å². The Balaban J connectivity index is -0.000000180. The normalized spacial score (nSPS) is 10.4. The molecular formula is C3H9AtClNO2S. The summed E-state index contributed by atoms with van der Waals surface area (Å²) in [5, 5.41) is 8.01. The average molecular weight is 369 g/mol. The van der Waals surface area contributed by atoms with Gasteiger partial charge in [0.2, 0.25) is 0 Å². The van der Waals surface area contributed by atoms with Crippen LogP contribution in [0.1, 0.15) is 0 Å². The number of hydrogen-bond acceptors (Lipinski definition) is 3. The summed E-state index contributed by atoms with van der Waals surface area (Å²) in [6.07, 6.45) is 0. The summed E-state index contributed by atoms with van der Waals surface area (Å²) in [6, 6.07) is -0.816. The Morgan fingerprint density at radius 3 is 2.11 bits per heavy atom. The van der Waals surface area contributed by atoms with Gasteiger partial charge in [0.25, 0.3) is 0 Å². The van der Waals surface area contributed by atoms with Gasteiger partial charge in [0.05, 0.1) is 0 Å². The van der Waals surface area contributed by atoms with Crippen molar-refractivity contribution in [3.63, 3.8) is 0 Å². The zero-order valence-corrected chi connectivity index (χ0v) is 9.37. The third kappa shape index (κ3) is 8.95. The van der Waals surface area contributed by atoms with Crippen LogP contribution in [0.5, 0.6) is 0 Å². The summed E-state index contributed by atoms with van der Waals surface area (Å²) >= 11 is 3.65. The van der Waals surface area contributed by atoms with Crippen LogP contribution in [0.4, 0.5) is 0 Å². The Morgan fingerprint density at radius 2 is 2.11 bits per heavy atom. The molecule has 58 valence electrons. The molecule has 0 rings (SSSR count). The van der Waals surface area contributed by atoms with Crippen LogP contribution < -0.4 is 5.73 Å². The Bertz CT molecular complexity index is 84.2. The number of nitrogens with two attached hydrogens (primary N) is 1. The van der Waals surface area contributed by atoms with Crippen LogP contribution >= 0.6 is 25.0 Å². The molecule has 0 bridgehead atoms. The predicted molar refractivity (Wildman–Crippen MR) is 38.1 cm³/mol. The van der Waals surface area contributed by atoms with Crippen molar-refractivity contribution in [3.8, 4) is 0 Å². The van der Waals surface area contributed by atoms with Gasteiger partial charge in [-0.1, -0.05) is 0 Å².